The summed E-state index contributed by atoms with van der Waals surface area (Å²) < 4.78 is 23.5. The van der Waals surface area contributed by atoms with E-state index in [9.17, 15) is 13.5 Å². The Morgan fingerprint density at radius 3 is 2.29 bits per heavy atom. The fraction of sp³-hybridized carbons (Fsp3) is 0.368. The van der Waals surface area contributed by atoms with E-state index in [0.29, 0.717) is 12.8 Å². The van der Waals surface area contributed by atoms with Crippen molar-refractivity contribution in [2.75, 3.05) is 0 Å². The predicted octanol–water partition coefficient (Wildman–Crippen LogP) is 3.41. The number of hydrogen-bond donors (Lipinski definition) is 2. The first-order chi connectivity index (χ1) is 11.3. The molecule has 0 spiro atoms. The normalized spacial score (nSPS) is 24.7. The Labute approximate surface area is 143 Å². The number of nitrogens with two attached hydrogens (primary N) is 1. The van der Waals surface area contributed by atoms with Gasteiger partial charge in [-0.25, -0.2) is 13.6 Å². The van der Waals surface area contributed by atoms with Crippen molar-refractivity contribution in [2.24, 2.45) is 5.14 Å². The Balaban J connectivity index is 2.07. The van der Waals surface area contributed by atoms with Gasteiger partial charge in [0.25, 0.3) is 0 Å². The smallest absolute Gasteiger partial charge is 0.238 e. The average Bonchev–Trinajstić information content (AvgIpc) is 2.54. The van der Waals surface area contributed by atoms with Crippen LogP contribution in [0.1, 0.15) is 44.1 Å². The Kier molecular flexibility index (Phi) is 4.51. The van der Waals surface area contributed by atoms with Crippen molar-refractivity contribution in [3.05, 3.63) is 54.1 Å². The van der Waals surface area contributed by atoms with E-state index in [0.717, 1.165) is 29.5 Å². The molecule has 0 bridgehead atoms. The lowest BCUT2D eigenvalue weighted by atomic mass is 9.75. The number of aliphatic hydroxyl groups is 1. The summed E-state index contributed by atoms with van der Waals surface area (Å²) in [5, 5.41) is 15.5. The molecule has 2 aromatic carbocycles. The van der Waals surface area contributed by atoms with Gasteiger partial charge in [0.2, 0.25) is 10.0 Å². The summed E-state index contributed by atoms with van der Waals surface area (Å²) >= 11 is 0. The monoisotopic (exact) mass is 345 g/mol. The molecule has 0 aliphatic heterocycles. The van der Waals surface area contributed by atoms with E-state index < -0.39 is 15.6 Å². The molecule has 0 aromatic heterocycles. The van der Waals surface area contributed by atoms with E-state index in [1.54, 1.807) is 12.1 Å². The van der Waals surface area contributed by atoms with Crippen LogP contribution in [-0.4, -0.2) is 19.1 Å². The van der Waals surface area contributed by atoms with Crippen molar-refractivity contribution in [1.29, 1.82) is 0 Å². The quantitative estimate of drug-likeness (QED) is 0.894. The highest BCUT2D eigenvalue weighted by molar-refractivity contribution is 7.89. The highest BCUT2D eigenvalue weighted by Gasteiger charge is 2.31. The van der Waals surface area contributed by atoms with Gasteiger partial charge in [0.15, 0.2) is 0 Å². The number of rotatable bonds is 3. The minimum absolute atomic E-state index is 0.148. The van der Waals surface area contributed by atoms with Crippen LogP contribution in [0.5, 0.6) is 0 Å². The largest absolute Gasteiger partial charge is 0.390 e. The van der Waals surface area contributed by atoms with E-state index in [4.69, 9.17) is 5.14 Å². The number of hydrogen-bond acceptors (Lipinski definition) is 3. The first-order valence-electron chi connectivity index (χ1n) is 8.21. The molecule has 1 saturated carbocycles. The topological polar surface area (TPSA) is 80.4 Å². The van der Waals surface area contributed by atoms with E-state index in [1.165, 1.54) is 0 Å². The lowest BCUT2D eigenvalue weighted by Crippen LogP contribution is -2.29. The van der Waals surface area contributed by atoms with Crippen LogP contribution in [-0.2, 0) is 10.0 Å². The molecule has 0 amide bonds. The van der Waals surface area contributed by atoms with Crippen molar-refractivity contribution < 1.29 is 13.5 Å². The minimum atomic E-state index is -3.74. The molecule has 24 heavy (non-hydrogen) atoms. The average molecular weight is 345 g/mol. The Morgan fingerprint density at radius 1 is 1.08 bits per heavy atom. The van der Waals surface area contributed by atoms with Crippen LogP contribution in [0.15, 0.2) is 53.4 Å². The van der Waals surface area contributed by atoms with Crippen molar-refractivity contribution >= 4 is 10.0 Å². The SMILES string of the molecule is C[C@]1(O)CC[C@H](c2cc(S(N)(=O)=O)ccc2-c2ccccc2)CC1. The molecule has 0 unspecified atom stereocenters. The molecule has 0 radical (unpaired) electrons. The third kappa shape index (κ3) is 3.69. The number of primary sulfonamides is 1. The Morgan fingerprint density at radius 2 is 1.71 bits per heavy atom. The van der Waals surface area contributed by atoms with Crippen LogP contribution in [0.2, 0.25) is 0 Å². The molecule has 0 saturated heterocycles. The zero-order valence-corrected chi connectivity index (χ0v) is 14.6. The van der Waals surface area contributed by atoms with Gasteiger partial charge in [-0.15, -0.1) is 0 Å². The summed E-state index contributed by atoms with van der Waals surface area (Å²) in [5.41, 5.74) is 2.48. The summed E-state index contributed by atoms with van der Waals surface area (Å²) in [6.45, 7) is 1.86. The van der Waals surface area contributed by atoms with Crippen LogP contribution in [0.4, 0.5) is 0 Å². The molecular weight excluding hydrogens is 322 g/mol. The maximum atomic E-state index is 11.8. The van der Waals surface area contributed by atoms with Gasteiger partial charge in [-0.05, 0) is 67.3 Å². The van der Waals surface area contributed by atoms with Gasteiger partial charge >= 0.3 is 0 Å². The van der Waals surface area contributed by atoms with E-state index in [1.807, 2.05) is 43.3 Å². The minimum Gasteiger partial charge on any atom is -0.390 e. The van der Waals surface area contributed by atoms with E-state index in [2.05, 4.69) is 0 Å². The summed E-state index contributed by atoms with van der Waals surface area (Å²) in [6.07, 6.45) is 3.10. The fourth-order valence-electron chi connectivity index (χ4n) is 3.49. The molecule has 0 heterocycles. The number of sulfonamides is 1. The van der Waals surface area contributed by atoms with E-state index in [-0.39, 0.29) is 10.8 Å². The zero-order chi connectivity index (χ0) is 17.4. The van der Waals surface area contributed by atoms with Gasteiger partial charge in [-0.2, -0.15) is 0 Å². The predicted molar refractivity (Wildman–Crippen MR) is 95.1 cm³/mol. The molecule has 1 aliphatic carbocycles. The molecule has 128 valence electrons. The maximum absolute atomic E-state index is 11.8. The van der Waals surface area contributed by atoms with Crippen LogP contribution < -0.4 is 5.14 Å². The van der Waals surface area contributed by atoms with Gasteiger partial charge < -0.3 is 5.11 Å². The first kappa shape index (κ1) is 17.1. The van der Waals surface area contributed by atoms with Crippen LogP contribution in [0.3, 0.4) is 0 Å². The van der Waals surface area contributed by atoms with Crippen LogP contribution in [0, 0.1) is 0 Å². The Bertz CT molecular complexity index is 819. The molecule has 3 rings (SSSR count). The van der Waals surface area contributed by atoms with Gasteiger partial charge in [0.05, 0.1) is 10.5 Å². The molecule has 1 aliphatic rings. The van der Waals surface area contributed by atoms with Crippen molar-refractivity contribution in [2.45, 2.75) is 49.0 Å². The highest BCUT2D eigenvalue weighted by atomic mass is 32.2. The van der Waals surface area contributed by atoms with Gasteiger partial charge in [0.1, 0.15) is 0 Å². The summed E-state index contributed by atoms with van der Waals surface area (Å²) in [6, 6.07) is 15.1. The molecule has 3 N–H and O–H groups in total. The molecule has 1 fully saturated rings. The van der Waals surface area contributed by atoms with Crippen molar-refractivity contribution in [3.8, 4) is 11.1 Å². The Hall–Kier alpha value is -1.69. The molecule has 4 nitrogen and oxygen atoms in total. The standard InChI is InChI=1S/C19H23NO3S/c1-19(21)11-9-15(10-12-19)18-13-16(24(20,22)23)7-8-17(18)14-5-3-2-4-6-14/h2-8,13,15,21H,9-12H2,1H3,(H2,20,22,23)/t15-,19-. The second-order valence-electron chi connectivity index (χ2n) is 6.93. The highest BCUT2D eigenvalue weighted by Crippen LogP contribution is 2.41. The summed E-state index contributed by atoms with van der Waals surface area (Å²) in [4.78, 5) is 0.148. The lowest BCUT2D eigenvalue weighted by molar-refractivity contribution is 0.0172. The lowest BCUT2D eigenvalue weighted by Gasteiger charge is -2.34. The molecule has 2 aromatic rings. The first-order valence-corrected chi connectivity index (χ1v) is 9.75. The second-order valence-corrected chi connectivity index (χ2v) is 8.49. The van der Waals surface area contributed by atoms with E-state index >= 15 is 0 Å². The van der Waals surface area contributed by atoms with Gasteiger partial charge in [-0.1, -0.05) is 36.4 Å². The summed E-state index contributed by atoms with van der Waals surface area (Å²) in [7, 11) is -3.74. The number of benzene rings is 2. The third-order valence-corrected chi connectivity index (χ3v) is 5.85. The van der Waals surface area contributed by atoms with Crippen LogP contribution in [0.25, 0.3) is 11.1 Å². The molecule has 0 atom stereocenters. The van der Waals surface area contributed by atoms with Gasteiger partial charge in [-0.3, -0.25) is 0 Å². The van der Waals surface area contributed by atoms with Crippen LogP contribution >= 0.6 is 0 Å². The zero-order valence-electron chi connectivity index (χ0n) is 13.8. The molecular formula is C19H23NO3S. The molecule has 5 heteroatoms. The van der Waals surface area contributed by atoms with Crippen molar-refractivity contribution in [1.82, 2.24) is 0 Å². The third-order valence-electron chi connectivity index (χ3n) is 4.94. The maximum Gasteiger partial charge on any atom is 0.238 e. The summed E-state index contributed by atoms with van der Waals surface area (Å²) in [5.74, 6) is 0.224. The second kappa shape index (κ2) is 6.31. The van der Waals surface area contributed by atoms with Gasteiger partial charge in [0, 0.05) is 0 Å². The van der Waals surface area contributed by atoms with Crippen molar-refractivity contribution in [3.63, 3.8) is 0 Å². The fourth-order valence-corrected chi connectivity index (χ4v) is 4.04.